The number of nitrogens with one attached hydrogen (secondary N) is 1. The molecule has 3 N–H and O–H groups in total. The first kappa shape index (κ1) is 26.9. The van der Waals surface area contributed by atoms with Crippen LogP contribution in [-0.2, 0) is 10.9 Å². The van der Waals surface area contributed by atoms with Gasteiger partial charge in [0.05, 0.1) is 34.7 Å². The van der Waals surface area contributed by atoms with Crippen molar-refractivity contribution in [1.82, 2.24) is 10.3 Å². The minimum atomic E-state index is -4.54. The molecule has 0 aliphatic rings. The molecule has 0 saturated carbocycles. The topological polar surface area (TPSA) is 112 Å². The van der Waals surface area contributed by atoms with Crippen molar-refractivity contribution in [3.8, 4) is 0 Å². The number of carboxylic acid groups (broad SMARTS) is 1. The third kappa shape index (κ3) is 7.86. The van der Waals surface area contributed by atoms with E-state index in [2.05, 4.69) is 26.2 Å². The van der Waals surface area contributed by atoms with Crippen LogP contribution in [0.1, 0.15) is 37.8 Å². The third-order valence-corrected chi connectivity index (χ3v) is 5.85. The molecule has 8 nitrogen and oxygen atoms in total. The molecule has 2 amide bonds. The molecule has 1 heterocycles. The molecule has 2 rings (SSSR count). The Hall–Kier alpha value is -2.38. The maximum atomic E-state index is 12.9. The Balaban J connectivity index is 2.42. The van der Waals surface area contributed by atoms with Crippen LogP contribution < -0.4 is 10.2 Å². The highest BCUT2D eigenvalue weighted by Crippen LogP contribution is 2.32. The van der Waals surface area contributed by atoms with E-state index < -0.39 is 48.1 Å². The zero-order valence-electron chi connectivity index (χ0n) is 17.9. The molecular weight excluding hydrogens is 531 g/mol. The number of aromatic nitrogens is 1. The van der Waals surface area contributed by atoms with Crippen LogP contribution in [0.15, 0.2) is 34.2 Å². The number of anilines is 1. The smallest absolute Gasteiger partial charge is 0.416 e. The molecule has 0 bridgehead atoms. The number of halogens is 4. The van der Waals surface area contributed by atoms with Gasteiger partial charge in [-0.05, 0) is 54.4 Å². The number of carbonyl (C=O) groups excluding carboxylic acids is 1. The minimum absolute atomic E-state index is 0.206. The molecule has 0 aliphatic heterocycles. The zero-order valence-corrected chi connectivity index (χ0v) is 20.3. The fourth-order valence-electron chi connectivity index (χ4n) is 2.93. The molecule has 1 aromatic heterocycles. The first-order valence-corrected chi connectivity index (χ1v) is 11.2. The predicted molar refractivity (Wildman–Crippen MR) is 120 cm³/mol. The van der Waals surface area contributed by atoms with Gasteiger partial charge >= 0.3 is 18.4 Å². The van der Waals surface area contributed by atoms with E-state index in [1.807, 2.05) is 0 Å². The van der Waals surface area contributed by atoms with Gasteiger partial charge in [-0.2, -0.15) is 13.2 Å². The quantitative estimate of drug-likeness (QED) is 0.441. The number of aliphatic hydroxyl groups excluding tert-OH is 1. The molecule has 1 aromatic carbocycles. The number of thiazole rings is 1. The summed E-state index contributed by atoms with van der Waals surface area (Å²) in [6, 6.07) is 2.92. The van der Waals surface area contributed by atoms with Crippen LogP contribution in [0.25, 0.3) is 0 Å². The number of hydrogen-bond donors (Lipinski definition) is 3. The first-order valence-electron chi connectivity index (χ1n) is 9.60. The molecule has 2 atom stereocenters. The molecule has 0 spiro atoms. The Morgan fingerprint density at radius 1 is 1.24 bits per heavy atom. The van der Waals surface area contributed by atoms with Crippen molar-refractivity contribution in [2.24, 2.45) is 0 Å². The van der Waals surface area contributed by atoms with Crippen LogP contribution in [0.3, 0.4) is 0 Å². The second-order valence-corrected chi connectivity index (χ2v) is 10.4. The summed E-state index contributed by atoms with van der Waals surface area (Å²) in [5.74, 6) is -0.961. The normalized spacial score (nSPS) is 13.8. The second-order valence-electron chi connectivity index (χ2n) is 8.00. The van der Waals surface area contributed by atoms with Gasteiger partial charge < -0.3 is 20.3 Å². The van der Waals surface area contributed by atoms with Gasteiger partial charge in [0, 0.05) is 5.92 Å². The average Bonchev–Trinajstić information content (AvgIpc) is 3.10. The van der Waals surface area contributed by atoms with Crippen LogP contribution in [0.4, 0.5) is 27.9 Å². The molecule has 0 fully saturated rings. The van der Waals surface area contributed by atoms with Crippen molar-refractivity contribution < 1.29 is 37.7 Å². The van der Waals surface area contributed by atoms with E-state index in [1.165, 1.54) is 6.20 Å². The number of nitrogens with zero attached hydrogens (tertiary/aromatic N) is 2. The van der Waals surface area contributed by atoms with Crippen molar-refractivity contribution >= 4 is 44.6 Å². The molecule has 13 heteroatoms. The van der Waals surface area contributed by atoms with E-state index in [0.717, 1.165) is 40.5 Å². The Labute approximate surface area is 200 Å². The summed E-state index contributed by atoms with van der Waals surface area (Å²) in [4.78, 5) is 29.6. The fraction of sp³-hybridized carbons (Fsp3) is 0.450. The summed E-state index contributed by atoms with van der Waals surface area (Å²) in [5, 5.41) is 21.8. The lowest BCUT2D eigenvalue weighted by Gasteiger charge is -2.32. The Morgan fingerprint density at radius 3 is 2.27 bits per heavy atom. The van der Waals surface area contributed by atoms with E-state index in [1.54, 1.807) is 20.8 Å². The van der Waals surface area contributed by atoms with E-state index in [9.17, 15) is 33.0 Å². The molecule has 2 aromatic rings. The second kappa shape index (κ2) is 10.7. The van der Waals surface area contributed by atoms with E-state index in [-0.39, 0.29) is 17.2 Å². The minimum Gasteiger partial charge on any atom is -0.465 e. The molecule has 182 valence electrons. The van der Waals surface area contributed by atoms with Gasteiger partial charge in [-0.3, -0.25) is 4.90 Å². The van der Waals surface area contributed by atoms with Gasteiger partial charge in [0.1, 0.15) is 5.60 Å². The number of hydrogen-bond acceptors (Lipinski definition) is 6. The van der Waals surface area contributed by atoms with Crippen molar-refractivity contribution in [1.29, 1.82) is 0 Å². The maximum Gasteiger partial charge on any atom is 0.416 e. The number of amides is 2. The predicted octanol–water partition coefficient (Wildman–Crippen LogP) is 5.08. The van der Waals surface area contributed by atoms with Gasteiger partial charge in [-0.1, -0.05) is 23.5 Å². The molecule has 0 aliphatic carbocycles. The third-order valence-electron chi connectivity index (χ3n) is 4.35. The van der Waals surface area contributed by atoms with Crippen LogP contribution in [0, 0.1) is 0 Å². The molecular formula is C20H23BrF3N3O5S. The lowest BCUT2D eigenvalue weighted by Crippen LogP contribution is -2.50. The van der Waals surface area contributed by atoms with E-state index >= 15 is 0 Å². The Morgan fingerprint density at radius 2 is 1.85 bits per heavy atom. The van der Waals surface area contributed by atoms with Crippen molar-refractivity contribution in [2.75, 3.05) is 18.1 Å². The SMILES string of the molecule is CC(C)(C)OC(=O)N(C[C@@H](NC(=O)O)[C@H](CO)c1ccc(C(F)(F)F)cc1)c1ncc(Br)s1. The van der Waals surface area contributed by atoms with Gasteiger partial charge in [0.15, 0.2) is 5.13 Å². The number of ether oxygens (including phenoxy) is 1. The van der Waals surface area contributed by atoms with Gasteiger partial charge in [0.2, 0.25) is 0 Å². The highest BCUT2D eigenvalue weighted by atomic mass is 79.9. The van der Waals surface area contributed by atoms with Gasteiger partial charge in [-0.15, -0.1) is 0 Å². The van der Waals surface area contributed by atoms with Gasteiger partial charge in [-0.25, -0.2) is 14.6 Å². The fourth-order valence-corrected chi connectivity index (χ4v) is 4.11. The van der Waals surface area contributed by atoms with E-state index in [4.69, 9.17) is 4.74 Å². The monoisotopic (exact) mass is 553 g/mol. The maximum absolute atomic E-state index is 12.9. The summed E-state index contributed by atoms with van der Waals surface area (Å²) >= 11 is 4.35. The largest absolute Gasteiger partial charge is 0.465 e. The number of alkyl halides is 3. The summed E-state index contributed by atoms with van der Waals surface area (Å²) in [7, 11) is 0. The molecule has 0 saturated heterocycles. The summed E-state index contributed by atoms with van der Waals surface area (Å²) in [6.45, 7) is 4.08. The summed E-state index contributed by atoms with van der Waals surface area (Å²) < 4.78 is 44.8. The molecule has 33 heavy (non-hydrogen) atoms. The van der Waals surface area contributed by atoms with Gasteiger partial charge in [0.25, 0.3) is 0 Å². The van der Waals surface area contributed by atoms with Crippen LogP contribution in [0.5, 0.6) is 0 Å². The zero-order chi connectivity index (χ0) is 25.0. The highest BCUT2D eigenvalue weighted by Gasteiger charge is 2.34. The number of benzene rings is 1. The Kier molecular flexibility index (Phi) is 8.71. The number of aliphatic hydroxyl groups is 1. The van der Waals surface area contributed by atoms with Crippen LogP contribution >= 0.6 is 27.3 Å². The molecule has 0 unspecified atom stereocenters. The van der Waals surface area contributed by atoms with Crippen LogP contribution in [-0.4, -0.2) is 52.2 Å². The molecule has 0 radical (unpaired) electrons. The van der Waals surface area contributed by atoms with Crippen molar-refractivity contribution in [3.05, 3.63) is 45.4 Å². The van der Waals surface area contributed by atoms with Crippen molar-refractivity contribution in [2.45, 2.75) is 44.5 Å². The van der Waals surface area contributed by atoms with Crippen LogP contribution in [0.2, 0.25) is 0 Å². The van der Waals surface area contributed by atoms with Crippen molar-refractivity contribution in [3.63, 3.8) is 0 Å². The Bertz CT molecular complexity index is 963. The summed E-state index contributed by atoms with van der Waals surface area (Å²) in [6.07, 6.45) is -5.32. The highest BCUT2D eigenvalue weighted by molar-refractivity contribution is 9.11. The first-order chi connectivity index (χ1) is 15.2. The summed E-state index contributed by atoms with van der Waals surface area (Å²) in [5.41, 5.74) is -1.48. The average molecular weight is 554 g/mol. The standard InChI is InChI=1S/C20H23BrF3N3O5S/c1-19(2,3)32-18(31)27(16-25-8-15(21)33-16)9-14(26-17(29)30)13(10-28)11-4-6-12(7-5-11)20(22,23)24/h4-8,13-14,26,28H,9-10H2,1-3H3,(H,29,30)/t13-,14-/m1/s1. The lowest BCUT2D eigenvalue weighted by molar-refractivity contribution is -0.137. The number of rotatable bonds is 7. The lowest BCUT2D eigenvalue weighted by atomic mass is 9.91. The van der Waals surface area contributed by atoms with E-state index in [0.29, 0.717) is 3.79 Å². The number of carbonyl (C=O) groups is 2.